The molecule has 0 unspecified atom stereocenters. The molecule has 0 atom stereocenters. The molecule has 35 heavy (non-hydrogen) atoms. The topological polar surface area (TPSA) is 93.7 Å². The number of fused-ring (bicyclic) bond motifs is 1. The first-order valence-corrected chi connectivity index (χ1v) is 11.4. The molecule has 0 fully saturated rings. The lowest BCUT2D eigenvalue weighted by Gasteiger charge is -2.24. The summed E-state index contributed by atoms with van der Waals surface area (Å²) in [5, 5.41) is 4.37. The van der Waals surface area contributed by atoms with Gasteiger partial charge in [0.15, 0.2) is 5.75 Å². The lowest BCUT2D eigenvalue weighted by atomic mass is 10.1. The zero-order valence-corrected chi connectivity index (χ0v) is 21.2. The number of nitrogens with one attached hydrogen (secondary N) is 1. The van der Waals surface area contributed by atoms with E-state index in [1.165, 1.54) is 0 Å². The van der Waals surface area contributed by atoms with Crippen LogP contribution in [0.1, 0.15) is 0 Å². The van der Waals surface area contributed by atoms with E-state index < -0.39 is 0 Å². The van der Waals surface area contributed by atoms with Crippen molar-refractivity contribution in [2.75, 3.05) is 64.4 Å². The molecule has 4 rings (SSSR count). The van der Waals surface area contributed by atoms with Crippen LogP contribution in [0.3, 0.4) is 0 Å². The van der Waals surface area contributed by atoms with Crippen LogP contribution in [0.5, 0.6) is 11.5 Å². The Kier molecular flexibility index (Phi) is 6.97. The van der Waals surface area contributed by atoms with Crippen LogP contribution in [-0.4, -0.2) is 67.9 Å². The van der Waals surface area contributed by atoms with Crippen molar-refractivity contribution >= 4 is 33.9 Å². The monoisotopic (exact) mass is 475 g/mol. The number of hydrogen-bond acceptors (Lipinski definition) is 8. The Bertz CT molecular complexity index is 1330. The molecule has 2 heterocycles. The van der Waals surface area contributed by atoms with Gasteiger partial charge in [0.05, 0.1) is 37.5 Å². The fourth-order valence-electron chi connectivity index (χ4n) is 4.08. The number of benzene rings is 2. The molecule has 0 saturated carbocycles. The number of nitrogens with zero attached hydrogens (tertiary/aromatic N) is 5. The lowest BCUT2D eigenvalue weighted by Crippen LogP contribution is -2.29. The van der Waals surface area contributed by atoms with Crippen molar-refractivity contribution in [2.45, 2.75) is 0 Å². The highest BCUT2D eigenvalue weighted by Crippen LogP contribution is 2.38. The lowest BCUT2D eigenvalue weighted by molar-refractivity contribution is 0.412. The van der Waals surface area contributed by atoms with Gasteiger partial charge in [0.25, 0.3) is 0 Å². The summed E-state index contributed by atoms with van der Waals surface area (Å²) >= 11 is 0. The number of nitrogen functional groups attached to an aromatic ring is 1. The zero-order valence-electron chi connectivity index (χ0n) is 21.2. The Morgan fingerprint density at radius 2 is 1.77 bits per heavy atom. The average Bonchev–Trinajstić information content (AvgIpc) is 3.19. The van der Waals surface area contributed by atoms with E-state index >= 15 is 0 Å². The molecule has 9 heteroatoms. The summed E-state index contributed by atoms with van der Waals surface area (Å²) in [4.78, 5) is 13.5. The van der Waals surface area contributed by atoms with Gasteiger partial charge in [0, 0.05) is 55.9 Å². The first-order chi connectivity index (χ1) is 16.8. The fraction of sp³-hybridized carbons (Fsp3) is 0.308. The Morgan fingerprint density at radius 3 is 2.49 bits per heavy atom. The minimum atomic E-state index is 0.417. The normalized spacial score (nSPS) is 11.2. The number of rotatable bonds is 9. The van der Waals surface area contributed by atoms with Gasteiger partial charge in [-0.2, -0.15) is 0 Å². The highest BCUT2D eigenvalue weighted by Gasteiger charge is 2.18. The molecule has 0 aliphatic heterocycles. The summed E-state index contributed by atoms with van der Waals surface area (Å²) in [6.07, 6.45) is 3.72. The van der Waals surface area contributed by atoms with Crippen LogP contribution in [0, 0.1) is 0 Å². The number of para-hydroxylation sites is 1. The van der Waals surface area contributed by atoms with E-state index in [2.05, 4.69) is 43.0 Å². The molecule has 0 radical (unpaired) electrons. The highest BCUT2D eigenvalue weighted by atomic mass is 16.5. The number of aromatic nitrogens is 3. The van der Waals surface area contributed by atoms with Crippen molar-refractivity contribution in [3.63, 3.8) is 0 Å². The van der Waals surface area contributed by atoms with Gasteiger partial charge in [0.1, 0.15) is 11.4 Å². The molecule has 3 N–H and O–H groups in total. The maximum atomic E-state index is 6.42. The summed E-state index contributed by atoms with van der Waals surface area (Å²) < 4.78 is 13.3. The quantitative estimate of drug-likeness (QED) is 0.351. The van der Waals surface area contributed by atoms with Crippen LogP contribution in [0.15, 0.2) is 48.8 Å². The molecule has 0 aliphatic carbocycles. The number of nitrogens with two attached hydrogens (primary N) is 1. The van der Waals surface area contributed by atoms with Crippen LogP contribution < -0.4 is 25.4 Å². The van der Waals surface area contributed by atoms with E-state index in [0.717, 1.165) is 35.2 Å². The van der Waals surface area contributed by atoms with E-state index in [4.69, 9.17) is 20.2 Å². The Labute approximate surface area is 206 Å². The predicted octanol–water partition coefficient (Wildman–Crippen LogP) is 3.98. The van der Waals surface area contributed by atoms with Crippen LogP contribution in [0.2, 0.25) is 0 Å². The third-order valence-corrected chi connectivity index (χ3v) is 6.02. The van der Waals surface area contributed by atoms with Gasteiger partial charge in [-0.1, -0.05) is 18.2 Å². The Balaban J connectivity index is 1.70. The summed E-state index contributed by atoms with van der Waals surface area (Å²) in [6, 6.07) is 12.0. The molecular formula is C26H33N7O2. The van der Waals surface area contributed by atoms with Crippen molar-refractivity contribution in [2.24, 2.45) is 7.05 Å². The number of ether oxygens (including phenoxy) is 2. The van der Waals surface area contributed by atoms with E-state index in [0.29, 0.717) is 34.5 Å². The van der Waals surface area contributed by atoms with Crippen molar-refractivity contribution < 1.29 is 9.47 Å². The maximum Gasteiger partial charge on any atom is 0.228 e. The Morgan fingerprint density at radius 1 is 1.03 bits per heavy atom. The van der Waals surface area contributed by atoms with Crippen LogP contribution >= 0.6 is 0 Å². The van der Waals surface area contributed by atoms with Crippen LogP contribution in [-0.2, 0) is 7.05 Å². The second-order valence-electron chi connectivity index (χ2n) is 8.74. The summed E-state index contributed by atoms with van der Waals surface area (Å²) in [6.45, 7) is 1.75. The average molecular weight is 476 g/mol. The van der Waals surface area contributed by atoms with E-state index in [9.17, 15) is 0 Å². The number of likely N-dealkylation sites (N-methyl/N-ethyl adjacent to an activating group) is 2. The molecule has 184 valence electrons. The van der Waals surface area contributed by atoms with E-state index in [-0.39, 0.29) is 0 Å². The van der Waals surface area contributed by atoms with Gasteiger partial charge in [-0.25, -0.2) is 9.97 Å². The van der Waals surface area contributed by atoms with Gasteiger partial charge in [-0.15, -0.1) is 0 Å². The number of aryl methyl sites for hydroxylation is 1. The Hall–Kier alpha value is -3.98. The molecule has 0 saturated heterocycles. The third-order valence-electron chi connectivity index (χ3n) is 6.02. The molecule has 2 aromatic carbocycles. The summed E-state index contributed by atoms with van der Waals surface area (Å²) in [5.41, 5.74) is 11.4. The smallest absolute Gasteiger partial charge is 0.228 e. The molecule has 0 spiro atoms. The first-order valence-electron chi connectivity index (χ1n) is 11.4. The van der Waals surface area contributed by atoms with Gasteiger partial charge in [-0.05, 0) is 26.2 Å². The van der Waals surface area contributed by atoms with Gasteiger partial charge in [0.2, 0.25) is 5.95 Å². The predicted molar refractivity (Wildman–Crippen MR) is 143 cm³/mol. The molecule has 0 amide bonds. The number of hydrogen-bond donors (Lipinski definition) is 2. The van der Waals surface area contributed by atoms with Gasteiger partial charge < -0.3 is 34.9 Å². The second-order valence-corrected chi connectivity index (χ2v) is 8.74. The minimum absolute atomic E-state index is 0.417. The van der Waals surface area contributed by atoms with Gasteiger partial charge >= 0.3 is 0 Å². The molecule has 9 nitrogen and oxygen atoms in total. The number of methoxy groups -OCH3 is 2. The van der Waals surface area contributed by atoms with Crippen molar-refractivity contribution in [1.29, 1.82) is 0 Å². The molecule has 2 aromatic heterocycles. The fourth-order valence-corrected chi connectivity index (χ4v) is 4.08. The third kappa shape index (κ3) is 4.95. The van der Waals surface area contributed by atoms with Crippen molar-refractivity contribution in [1.82, 2.24) is 19.4 Å². The SMILES string of the molecule is COc1cc(N(C)CCN(C)C)c(N)cc1Nc1ncc(OC)c(-c2cn(C)c3ccccc23)n1. The molecule has 4 aromatic rings. The van der Waals surface area contributed by atoms with Crippen LogP contribution in [0.4, 0.5) is 23.0 Å². The molecule has 0 aliphatic rings. The molecular weight excluding hydrogens is 442 g/mol. The van der Waals surface area contributed by atoms with Crippen LogP contribution in [0.25, 0.3) is 22.2 Å². The first kappa shape index (κ1) is 24.2. The maximum absolute atomic E-state index is 6.42. The minimum Gasteiger partial charge on any atom is -0.494 e. The van der Waals surface area contributed by atoms with E-state index in [1.807, 2.05) is 52.5 Å². The number of anilines is 4. The van der Waals surface area contributed by atoms with Gasteiger partial charge in [-0.3, -0.25) is 0 Å². The zero-order chi connectivity index (χ0) is 25.1. The van der Waals surface area contributed by atoms with Crippen molar-refractivity contribution in [3.05, 3.63) is 48.8 Å². The summed E-state index contributed by atoms with van der Waals surface area (Å²) in [5.74, 6) is 1.66. The standard InChI is InChI=1S/C26H33N7O2/c1-31(2)11-12-32(3)22-14-23(34-5)20(13-19(22)27)29-26-28-15-24(35-6)25(30-26)18-16-33(4)21-10-8-7-9-17(18)21/h7-10,13-16H,11-12,27H2,1-6H3,(H,28,29,30). The highest BCUT2D eigenvalue weighted by molar-refractivity contribution is 5.96. The largest absolute Gasteiger partial charge is 0.494 e. The summed E-state index contributed by atoms with van der Waals surface area (Å²) in [7, 11) is 11.4. The second kappa shape index (κ2) is 10.1. The van der Waals surface area contributed by atoms with E-state index in [1.54, 1.807) is 20.4 Å². The molecule has 0 bridgehead atoms. The van der Waals surface area contributed by atoms with Crippen molar-refractivity contribution in [3.8, 4) is 22.8 Å².